The van der Waals surface area contributed by atoms with Crippen molar-refractivity contribution in [1.82, 2.24) is 5.32 Å². The summed E-state index contributed by atoms with van der Waals surface area (Å²) in [6, 6.07) is 0. The highest BCUT2D eigenvalue weighted by molar-refractivity contribution is 4.98. The fourth-order valence-electron chi connectivity index (χ4n) is 0.627. The first-order valence-corrected chi connectivity index (χ1v) is 3.79. The van der Waals surface area contributed by atoms with Crippen LogP contribution in [-0.2, 0) is 0 Å². The molecule has 3 N–H and O–H groups in total. The minimum atomic E-state index is 0.614. The van der Waals surface area contributed by atoms with Gasteiger partial charge in [-0.2, -0.15) is 0 Å². The number of nitrogens with one attached hydrogen (secondary N) is 1. The summed E-state index contributed by atoms with van der Waals surface area (Å²) >= 11 is 0. The molecule has 0 radical (unpaired) electrons. The van der Waals surface area contributed by atoms with Crippen LogP contribution >= 0.6 is 0 Å². The van der Waals surface area contributed by atoms with Crippen LogP contribution < -0.4 is 11.1 Å². The highest BCUT2D eigenvalue weighted by atomic mass is 14.9. The molecule has 0 aromatic heterocycles. The Balaban J connectivity index is 3.46. The lowest BCUT2D eigenvalue weighted by Crippen LogP contribution is -2.23. The number of hydrogen-bond donors (Lipinski definition) is 2. The van der Waals surface area contributed by atoms with Crippen LogP contribution in [0.1, 0.15) is 20.8 Å². The van der Waals surface area contributed by atoms with Crippen molar-refractivity contribution in [3.63, 3.8) is 0 Å². The third-order valence-corrected chi connectivity index (χ3v) is 1.31. The zero-order valence-corrected chi connectivity index (χ0v) is 7.15. The van der Waals surface area contributed by atoms with E-state index in [1.54, 1.807) is 0 Å². The van der Waals surface area contributed by atoms with Gasteiger partial charge in [-0.25, -0.2) is 0 Å². The van der Waals surface area contributed by atoms with Crippen molar-refractivity contribution in [1.29, 1.82) is 0 Å². The van der Waals surface area contributed by atoms with E-state index < -0.39 is 0 Å². The summed E-state index contributed by atoms with van der Waals surface area (Å²) in [5.74, 6) is 0.682. The maximum atomic E-state index is 5.44. The minimum Gasteiger partial charge on any atom is -0.387 e. The number of nitrogens with two attached hydrogens (primary N) is 1. The summed E-state index contributed by atoms with van der Waals surface area (Å²) in [5, 5.41) is 3.25. The molecular formula is C8H18N2. The Bertz CT molecular complexity index is 106. The molecule has 0 aliphatic rings. The van der Waals surface area contributed by atoms with Crippen molar-refractivity contribution in [3.05, 3.63) is 11.8 Å². The lowest BCUT2D eigenvalue weighted by Gasteiger charge is -2.09. The Hall–Kier alpha value is -0.500. The Morgan fingerprint density at radius 1 is 1.60 bits per heavy atom. The van der Waals surface area contributed by atoms with Crippen LogP contribution in [0.3, 0.4) is 0 Å². The third-order valence-electron chi connectivity index (χ3n) is 1.31. The summed E-state index contributed by atoms with van der Waals surface area (Å²) < 4.78 is 0. The van der Waals surface area contributed by atoms with Gasteiger partial charge in [-0.15, -0.1) is 0 Å². The predicted octanol–water partition coefficient (Wildman–Crippen LogP) is 1.09. The molecule has 0 unspecified atom stereocenters. The molecular weight excluding hydrogens is 124 g/mol. The molecule has 0 saturated heterocycles. The molecule has 0 bridgehead atoms. The molecule has 0 rings (SSSR count). The number of hydrogen-bond acceptors (Lipinski definition) is 2. The van der Waals surface area contributed by atoms with Crippen LogP contribution in [0.15, 0.2) is 11.8 Å². The summed E-state index contributed by atoms with van der Waals surface area (Å²) in [6.07, 6.45) is 2.02. The fourth-order valence-corrected chi connectivity index (χ4v) is 0.627. The van der Waals surface area contributed by atoms with E-state index >= 15 is 0 Å². The predicted molar refractivity (Wildman–Crippen MR) is 45.7 cm³/mol. The van der Waals surface area contributed by atoms with Gasteiger partial charge in [0.2, 0.25) is 0 Å². The highest BCUT2D eigenvalue weighted by Crippen LogP contribution is 1.90. The maximum absolute atomic E-state index is 5.44. The average molecular weight is 142 g/mol. The van der Waals surface area contributed by atoms with Gasteiger partial charge in [-0.05, 0) is 12.8 Å². The van der Waals surface area contributed by atoms with Gasteiger partial charge in [0.1, 0.15) is 0 Å². The smallest absolute Gasteiger partial charge is 0.0325 e. The minimum absolute atomic E-state index is 0.614. The molecule has 0 fully saturated rings. The molecule has 0 aromatic rings. The monoisotopic (exact) mass is 142 g/mol. The van der Waals surface area contributed by atoms with Gasteiger partial charge >= 0.3 is 0 Å². The molecule has 0 amide bonds. The molecule has 0 aliphatic heterocycles. The van der Waals surface area contributed by atoms with E-state index in [9.17, 15) is 0 Å². The van der Waals surface area contributed by atoms with Gasteiger partial charge in [0.25, 0.3) is 0 Å². The molecule has 0 saturated carbocycles. The van der Waals surface area contributed by atoms with E-state index in [0.717, 1.165) is 12.2 Å². The average Bonchev–Trinajstić information content (AvgIpc) is 1.90. The van der Waals surface area contributed by atoms with E-state index in [-0.39, 0.29) is 0 Å². The molecule has 2 heteroatoms. The van der Waals surface area contributed by atoms with Crippen LogP contribution in [0.2, 0.25) is 0 Å². The topological polar surface area (TPSA) is 38.0 Å². The lowest BCUT2D eigenvalue weighted by atomic mass is 10.2. The molecule has 0 atom stereocenters. The van der Waals surface area contributed by atoms with Crippen LogP contribution in [-0.4, -0.2) is 13.1 Å². The SMILES string of the molecule is C/C=C(/CN)NCC(C)C. The Kier molecular flexibility index (Phi) is 5.03. The molecule has 0 aliphatic carbocycles. The zero-order valence-electron chi connectivity index (χ0n) is 7.15. The van der Waals surface area contributed by atoms with Gasteiger partial charge < -0.3 is 11.1 Å². The van der Waals surface area contributed by atoms with Crippen molar-refractivity contribution < 1.29 is 0 Å². The molecule has 2 nitrogen and oxygen atoms in total. The second-order valence-electron chi connectivity index (χ2n) is 2.79. The Labute approximate surface area is 63.5 Å². The van der Waals surface area contributed by atoms with Gasteiger partial charge in [0.05, 0.1) is 0 Å². The van der Waals surface area contributed by atoms with E-state index in [1.807, 2.05) is 13.0 Å². The Morgan fingerprint density at radius 3 is 2.50 bits per heavy atom. The number of allylic oxidation sites excluding steroid dienone is 1. The molecule has 0 heterocycles. The Morgan fingerprint density at radius 2 is 2.20 bits per heavy atom. The second-order valence-corrected chi connectivity index (χ2v) is 2.79. The van der Waals surface area contributed by atoms with Crippen LogP contribution in [0, 0.1) is 5.92 Å². The summed E-state index contributed by atoms with van der Waals surface area (Å²) in [5.41, 5.74) is 6.57. The van der Waals surface area contributed by atoms with Crippen LogP contribution in [0.25, 0.3) is 0 Å². The normalized spacial score (nSPS) is 12.3. The van der Waals surface area contributed by atoms with Gasteiger partial charge in [0, 0.05) is 18.8 Å². The van der Waals surface area contributed by atoms with Gasteiger partial charge in [-0.3, -0.25) is 0 Å². The van der Waals surface area contributed by atoms with E-state index in [0.29, 0.717) is 12.5 Å². The van der Waals surface area contributed by atoms with Crippen molar-refractivity contribution in [3.8, 4) is 0 Å². The van der Waals surface area contributed by atoms with Crippen molar-refractivity contribution in [2.45, 2.75) is 20.8 Å². The quantitative estimate of drug-likeness (QED) is 0.616. The maximum Gasteiger partial charge on any atom is 0.0325 e. The first kappa shape index (κ1) is 9.50. The number of rotatable bonds is 4. The highest BCUT2D eigenvalue weighted by Gasteiger charge is 1.93. The summed E-state index contributed by atoms with van der Waals surface area (Å²) in [4.78, 5) is 0. The lowest BCUT2D eigenvalue weighted by molar-refractivity contribution is 0.591. The van der Waals surface area contributed by atoms with E-state index in [2.05, 4.69) is 19.2 Å². The van der Waals surface area contributed by atoms with Crippen LogP contribution in [0.4, 0.5) is 0 Å². The molecule has 10 heavy (non-hydrogen) atoms. The van der Waals surface area contributed by atoms with Crippen LogP contribution in [0.5, 0.6) is 0 Å². The van der Waals surface area contributed by atoms with E-state index in [1.165, 1.54) is 0 Å². The first-order chi connectivity index (χ1) is 4.70. The fraction of sp³-hybridized carbons (Fsp3) is 0.750. The van der Waals surface area contributed by atoms with Gasteiger partial charge in [-0.1, -0.05) is 19.9 Å². The zero-order chi connectivity index (χ0) is 7.98. The summed E-state index contributed by atoms with van der Waals surface area (Å²) in [6.45, 7) is 7.98. The standard InChI is InChI=1S/C8H18N2/c1-4-8(5-9)10-6-7(2)3/h4,7,10H,5-6,9H2,1-3H3/b8-4-. The van der Waals surface area contributed by atoms with E-state index in [4.69, 9.17) is 5.73 Å². The molecule has 0 aromatic carbocycles. The molecule has 0 spiro atoms. The third kappa shape index (κ3) is 4.39. The second kappa shape index (κ2) is 5.30. The van der Waals surface area contributed by atoms with Crippen molar-refractivity contribution >= 4 is 0 Å². The molecule has 60 valence electrons. The largest absolute Gasteiger partial charge is 0.387 e. The first-order valence-electron chi connectivity index (χ1n) is 3.79. The van der Waals surface area contributed by atoms with Crippen molar-refractivity contribution in [2.24, 2.45) is 11.7 Å². The summed E-state index contributed by atoms with van der Waals surface area (Å²) in [7, 11) is 0. The van der Waals surface area contributed by atoms with Crippen molar-refractivity contribution in [2.75, 3.05) is 13.1 Å². The van der Waals surface area contributed by atoms with Gasteiger partial charge in [0.15, 0.2) is 0 Å².